The maximum Gasteiger partial charge on any atom is 0.303 e. The van der Waals surface area contributed by atoms with Crippen molar-refractivity contribution >= 4 is 27.3 Å². The second-order valence-electron chi connectivity index (χ2n) is 9.45. The lowest BCUT2D eigenvalue weighted by molar-refractivity contribution is -0.137. The topological polar surface area (TPSA) is 143 Å². The number of hydrogen-bond acceptors (Lipinski definition) is 7. The van der Waals surface area contributed by atoms with Gasteiger partial charge < -0.3 is 19.7 Å². The summed E-state index contributed by atoms with van der Waals surface area (Å²) in [5, 5.41) is 13.7. The van der Waals surface area contributed by atoms with Gasteiger partial charge in [-0.3, -0.25) is 14.3 Å². The van der Waals surface area contributed by atoms with Crippen LogP contribution in [0.1, 0.15) is 48.2 Å². The summed E-state index contributed by atoms with van der Waals surface area (Å²) < 4.78 is 43.4. The third-order valence-electron chi connectivity index (χ3n) is 7.15. The predicted molar refractivity (Wildman–Crippen MR) is 134 cm³/mol. The third kappa shape index (κ3) is 4.08. The van der Waals surface area contributed by atoms with Gasteiger partial charge in [-0.2, -0.15) is 8.42 Å². The molecule has 3 N–H and O–H groups in total. The van der Waals surface area contributed by atoms with E-state index in [0.29, 0.717) is 66.6 Å². The van der Waals surface area contributed by atoms with Gasteiger partial charge in [0.05, 0.1) is 11.0 Å². The summed E-state index contributed by atoms with van der Waals surface area (Å²) in [6, 6.07) is 5.36. The first kappa shape index (κ1) is 23.7. The molecule has 1 aromatic heterocycles. The number of hydrogen-bond donors (Lipinski definition) is 3. The fourth-order valence-electron chi connectivity index (χ4n) is 5.49. The number of carbonyl (C=O) groups is 1. The lowest BCUT2D eigenvalue weighted by Gasteiger charge is -2.25. The molecular formula is C26H26N4O6S. The Labute approximate surface area is 213 Å². The molecule has 0 unspecified atom stereocenters. The van der Waals surface area contributed by atoms with E-state index in [-0.39, 0.29) is 11.3 Å². The number of aromatic nitrogens is 2. The SMILES string of the molecule is O=C(O)CCCCCn1ccnc1C1=c2ccc3c(c2Oc2c1cc(S(=O)(=O)O)c1c2CCN1)CCN=3. The van der Waals surface area contributed by atoms with Crippen LogP contribution in [0.2, 0.25) is 0 Å². The lowest BCUT2D eigenvalue weighted by atomic mass is 9.93. The summed E-state index contributed by atoms with van der Waals surface area (Å²) in [6.45, 7) is 1.85. The number of benzene rings is 2. The Balaban J connectivity index is 1.55. The first-order valence-electron chi connectivity index (χ1n) is 12.4. The second kappa shape index (κ2) is 9.00. The Bertz CT molecular complexity index is 1680. The minimum Gasteiger partial charge on any atom is -0.481 e. The van der Waals surface area contributed by atoms with E-state index in [0.717, 1.165) is 41.0 Å². The number of aryl methyl sites for hydroxylation is 1. The minimum atomic E-state index is -4.50. The van der Waals surface area contributed by atoms with Crippen LogP contribution in [-0.4, -0.2) is 46.7 Å². The van der Waals surface area contributed by atoms with E-state index in [9.17, 15) is 17.8 Å². The molecule has 10 nitrogen and oxygen atoms in total. The summed E-state index contributed by atoms with van der Waals surface area (Å²) in [4.78, 5) is 19.9. The monoisotopic (exact) mass is 522 g/mol. The number of unbranched alkanes of at least 4 members (excludes halogenated alkanes) is 2. The summed E-state index contributed by atoms with van der Waals surface area (Å²) in [5.41, 5.74) is 3.42. The van der Waals surface area contributed by atoms with Crippen LogP contribution in [0.3, 0.4) is 0 Å². The zero-order valence-electron chi connectivity index (χ0n) is 20.0. The normalized spacial score (nSPS) is 15.2. The zero-order valence-corrected chi connectivity index (χ0v) is 20.8. The molecule has 0 radical (unpaired) electrons. The van der Waals surface area contributed by atoms with E-state index >= 15 is 0 Å². The van der Waals surface area contributed by atoms with Gasteiger partial charge in [-0.25, -0.2) is 4.98 Å². The average molecular weight is 523 g/mol. The van der Waals surface area contributed by atoms with Crippen molar-refractivity contribution in [3.8, 4) is 11.5 Å². The number of fused-ring (bicyclic) bond motifs is 6. The highest BCUT2D eigenvalue weighted by Gasteiger charge is 2.34. The Morgan fingerprint density at radius 2 is 2.00 bits per heavy atom. The smallest absolute Gasteiger partial charge is 0.303 e. The number of nitrogens with one attached hydrogen (secondary N) is 1. The molecule has 3 aromatic rings. The molecule has 37 heavy (non-hydrogen) atoms. The van der Waals surface area contributed by atoms with Crippen molar-refractivity contribution in [2.75, 3.05) is 18.4 Å². The number of rotatable bonds is 8. The standard InChI is InChI=1S/C26H26N4O6S/c31-21(32)4-2-1-3-12-30-13-11-29-26(30)22-16-5-6-19-15(7-9-27-19)24(16)36-25-17-8-10-28-23(17)20(14-18(22)25)37(33,34)35/h5-6,11,13-14,28H,1-4,7-10,12H2,(H,31,32)(H,33,34,35). The number of imidazole rings is 1. The summed E-state index contributed by atoms with van der Waals surface area (Å²) in [5.74, 6) is 1.15. The summed E-state index contributed by atoms with van der Waals surface area (Å²) in [6.07, 6.45) is 7.15. The minimum absolute atomic E-state index is 0.139. The molecule has 0 atom stereocenters. The molecule has 2 aromatic carbocycles. The molecular weight excluding hydrogens is 496 g/mol. The van der Waals surface area contributed by atoms with Crippen LogP contribution in [0.25, 0.3) is 5.57 Å². The van der Waals surface area contributed by atoms with Gasteiger partial charge in [0.15, 0.2) is 0 Å². The van der Waals surface area contributed by atoms with E-state index in [1.54, 1.807) is 6.20 Å². The van der Waals surface area contributed by atoms with Gasteiger partial charge >= 0.3 is 5.97 Å². The van der Waals surface area contributed by atoms with Crippen molar-refractivity contribution in [1.29, 1.82) is 0 Å². The molecule has 3 aliphatic rings. The Morgan fingerprint density at radius 3 is 2.81 bits per heavy atom. The fourth-order valence-corrected chi connectivity index (χ4v) is 6.21. The fraction of sp³-hybridized carbons (Fsp3) is 0.346. The molecule has 0 aliphatic carbocycles. The number of aliphatic carboxylic acids is 1. The van der Waals surface area contributed by atoms with Crippen LogP contribution < -0.4 is 20.6 Å². The quantitative estimate of drug-likeness (QED) is 0.236. The number of ether oxygens (including phenoxy) is 1. The third-order valence-corrected chi connectivity index (χ3v) is 8.03. The molecule has 0 bridgehead atoms. The Hall–Kier alpha value is -3.70. The van der Waals surface area contributed by atoms with Gasteiger partial charge in [-0.15, -0.1) is 0 Å². The largest absolute Gasteiger partial charge is 0.481 e. The Morgan fingerprint density at radius 1 is 1.14 bits per heavy atom. The van der Waals surface area contributed by atoms with E-state index in [2.05, 4.69) is 15.3 Å². The van der Waals surface area contributed by atoms with Crippen molar-refractivity contribution in [3.05, 3.63) is 63.7 Å². The van der Waals surface area contributed by atoms with Crippen molar-refractivity contribution < 1.29 is 27.6 Å². The first-order valence-corrected chi connectivity index (χ1v) is 13.8. The predicted octanol–water partition coefficient (Wildman–Crippen LogP) is 2.27. The van der Waals surface area contributed by atoms with E-state index in [1.807, 2.05) is 22.9 Å². The Kier molecular flexibility index (Phi) is 5.76. The van der Waals surface area contributed by atoms with Gasteiger partial charge in [0.1, 0.15) is 22.2 Å². The van der Waals surface area contributed by atoms with Gasteiger partial charge in [0.2, 0.25) is 0 Å². The number of carboxylic acids is 1. The van der Waals surface area contributed by atoms with Crippen LogP contribution in [0.4, 0.5) is 5.69 Å². The van der Waals surface area contributed by atoms with Crippen LogP contribution >= 0.6 is 0 Å². The van der Waals surface area contributed by atoms with E-state index < -0.39 is 16.1 Å². The average Bonchev–Trinajstić information content (AvgIpc) is 3.61. The van der Waals surface area contributed by atoms with Crippen LogP contribution in [0, 0.1) is 0 Å². The number of carboxylic acid groups (broad SMARTS) is 1. The summed E-state index contributed by atoms with van der Waals surface area (Å²) >= 11 is 0. The van der Waals surface area contributed by atoms with Crippen LogP contribution in [0.5, 0.6) is 11.5 Å². The highest BCUT2D eigenvalue weighted by atomic mass is 32.2. The molecule has 192 valence electrons. The molecule has 3 aliphatic heterocycles. The van der Waals surface area contributed by atoms with E-state index in [4.69, 9.17) is 9.84 Å². The lowest BCUT2D eigenvalue weighted by Crippen LogP contribution is -2.24. The van der Waals surface area contributed by atoms with Crippen molar-refractivity contribution in [2.45, 2.75) is 50.0 Å². The maximum absolute atomic E-state index is 12.4. The van der Waals surface area contributed by atoms with Crippen molar-refractivity contribution in [1.82, 2.24) is 9.55 Å². The van der Waals surface area contributed by atoms with Gasteiger partial charge in [-0.1, -0.05) is 6.42 Å². The van der Waals surface area contributed by atoms with Gasteiger partial charge in [0.25, 0.3) is 10.1 Å². The summed E-state index contributed by atoms with van der Waals surface area (Å²) in [7, 11) is -4.50. The van der Waals surface area contributed by atoms with Crippen molar-refractivity contribution in [3.63, 3.8) is 0 Å². The molecule has 0 fully saturated rings. The number of anilines is 1. The van der Waals surface area contributed by atoms with Crippen molar-refractivity contribution in [2.24, 2.45) is 4.99 Å². The number of nitrogens with zero attached hydrogens (tertiary/aromatic N) is 3. The van der Waals surface area contributed by atoms with Gasteiger partial charge in [0, 0.05) is 65.9 Å². The highest BCUT2D eigenvalue weighted by Crippen LogP contribution is 2.46. The molecule has 0 amide bonds. The molecule has 0 saturated heterocycles. The highest BCUT2D eigenvalue weighted by molar-refractivity contribution is 7.86. The zero-order chi connectivity index (χ0) is 25.7. The molecule has 0 spiro atoms. The molecule has 0 saturated carbocycles. The molecule has 11 heteroatoms. The van der Waals surface area contributed by atoms with Crippen LogP contribution in [0.15, 0.2) is 40.5 Å². The van der Waals surface area contributed by atoms with Crippen LogP contribution in [-0.2, 0) is 34.3 Å². The van der Waals surface area contributed by atoms with E-state index in [1.165, 1.54) is 6.07 Å². The second-order valence-corrected chi connectivity index (χ2v) is 10.8. The van der Waals surface area contributed by atoms with Gasteiger partial charge in [-0.05, 0) is 43.9 Å². The molecule has 4 heterocycles. The molecule has 6 rings (SSSR count). The first-order chi connectivity index (χ1) is 17.8. The maximum atomic E-state index is 12.4.